The van der Waals surface area contributed by atoms with Crippen molar-refractivity contribution in [3.63, 3.8) is 0 Å². The average molecular weight is 519 g/mol. The number of Topliss-reactive ketones (excluding diaryl/α,β-unsaturated/α-hetero) is 1. The van der Waals surface area contributed by atoms with Gasteiger partial charge in [-0.25, -0.2) is 4.39 Å². The van der Waals surface area contributed by atoms with Crippen molar-refractivity contribution >= 4 is 23.1 Å². The third kappa shape index (κ3) is 4.59. The van der Waals surface area contributed by atoms with Crippen LogP contribution in [0.5, 0.6) is 5.75 Å². The molecule has 1 aliphatic heterocycles. The summed E-state index contributed by atoms with van der Waals surface area (Å²) in [6.45, 7) is 0. The zero-order valence-corrected chi connectivity index (χ0v) is 21.4. The van der Waals surface area contributed by atoms with Gasteiger partial charge in [-0.15, -0.1) is 0 Å². The molecule has 6 rings (SSSR count). The van der Waals surface area contributed by atoms with Crippen LogP contribution in [0.15, 0.2) is 114 Å². The van der Waals surface area contributed by atoms with Crippen molar-refractivity contribution < 1.29 is 18.7 Å². The number of nitrogens with one attached hydrogen (secondary N) is 1. The lowest BCUT2D eigenvalue weighted by molar-refractivity contribution is -0.116. The average Bonchev–Trinajstić information content (AvgIpc) is 3.12. The minimum atomic E-state index is -0.680. The first-order valence-corrected chi connectivity index (χ1v) is 12.9. The van der Waals surface area contributed by atoms with E-state index in [1.165, 1.54) is 12.1 Å². The topological polar surface area (TPSA) is 58.6 Å². The molecule has 0 bridgehead atoms. The molecule has 4 aromatic rings. The smallest absolute Gasteiger partial charge is 0.259 e. The minimum Gasteiger partial charge on any atom is -0.497 e. The lowest BCUT2D eigenvalue weighted by atomic mass is 9.78. The molecular formula is C33H27FN2O3. The highest BCUT2D eigenvalue weighted by Gasteiger charge is 2.42. The van der Waals surface area contributed by atoms with Gasteiger partial charge in [0.25, 0.3) is 5.91 Å². The lowest BCUT2D eigenvalue weighted by Gasteiger charge is -2.35. The van der Waals surface area contributed by atoms with E-state index in [1.807, 2.05) is 66.7 Å². The number of ketones is 1. The third-order valence-electron chi connectivity index (χ3n) is 7.48. The zero-order chi connectivity index (χ0) is 26.9. The lowest BCUT2D eigenvalue weighted by Crippen LogP contribution is -2.38. The van der Waals surface area contributed by atoms with Crippen LogP contribution in [0, 0.1) is 5.82 Å². The van der Waals surface area contributed by atoms with Gasteiger partial charge in [-0.3, -0.25) is 14.5 Å². The quantitative estimate of drug-likeness (QED) is 0.315. The van der Waals surface area contributed by atoms with Crippen LogP contribution in [-0.2, 0) is 4.79 Å². The fourth-order valence-electron chi connectivity index (χ4n) is 5.63. The van der Waals surface area contributed by atoms with Crippen molar-refractivity contribution in [2.75, 3.05) is 17.3 Å². The van der Waals surface area contributed by atoms with Crippen LogP contribution < -0.4 is 15.0 Å². The number of benzene rings is 4. The third-order valence-corrected chi connectivity index (χ3v) is 7.48. The van der Waals surface area contributed by atoms with Gasteiger partial charge < -0.3 is 10.1 Å². The van der Waals surface area contributed by atoms with E-state index >= 15 is 0 Å². The number of halogens is 1. The Bertz CT molecular complexity index is 1580. The Balaban J connectivity index is 1.56. The van der Waals surface area contributed by atoms with Crippen LogP contribution in [0.3, 0.4) is 0 Å². The molecule has 194 valence electrons. The molecule has 0 saturated heterocycles. The fraction of sp³-hybridized carbons (Fsp3) is 0.152. The highest BCUT2D eigenvalue weighted by Crippen LogP contribution is 2.48. The molecule has 0 aromatic heterocycles. The first-order valence-electron chi connectivity index (χ1n) is 12.9. The Labute approximate surface area is 226 Å². The van der Waals surface area contributed by atoms with Gasteiger partial charge in [-0.2, -0.15) is 0 Å². The summed E-state index contributed by atoms with van der Waals surface area (Å²) >= 11 is 0. The highest BCUT2D eigenvalue weighted by molar-refractivity contribution is 6.12. The first kappa shape index (κ1) is 24.6. The number of fused-ring (bicyclic) bond motifs is 1. The summed E-state index contributed by atoms with van der Waals surface area (Å²) in [7, 11) is 1.60. The molecule has 0 radical (unpaired) electrons. The number of para-hydroxylation sites is 2. The molecule has 0 unspecified atom stereocenters. The summed E-state index contributed by atoms with van der Waals surface area (Å²) in [5.74, 6) is -0.0431. The Kier molecular flexibility index (Phi) is 6.45. The van der Waals surface area contributed by atoms with Crippen molar-refractivity contribution in [3.8, 4) is 5.75 Å². The van der Waals surface area contributed by atoms with Crippen LogP contribution in [0.4, 0.5) is 15.8 Å². The maximum atomic E-state index is 14.2. The summed E-state index contributed by atoms with van der Waals surface area (Å²) in [5, 5.41) is 3.53. The maximum absolute atomic E-state index is 14.2. The Hall–Kier alpha value is -4.71. The molecule has 1 N–H and O–H groups in total. The number of hydrogen-bond donors (Lipinski definition) is 1. The number of allylic oxidation sites excluding steroid dienone is 1. The first-order chi connectivity index (χ1) is 19.0. The Morgan fingerprint density at radius 2 is 1.62 bits per heavy atom. The van der Waals surface area contributed by atoms with Crippen molar-refractivity contribution in [2.24, 2.45) is 0 Å². The van der Waals surface area contributed by atoms with E-state index in [9.17, 15) is 14.0 Å². The van der Waals surface area contributed by atoms with Crippen LogP contribution >= 0.6 is 0 Å². The van der Waals surface area contributed by atoms with E-state index in [1.54, 1.807) is 36.3 Å². The van der Waals surface area contributed by atoms with E-state index < -0.39 is 6.04 Å². The van der Waals surface area contributed by atoms with E-state index in [4.69, 9.17) is 4.74 Å². The highest BCUT2D eigenvalue weighted by atomic mass is 19.1. The van der Waals surface area contributed by atoms with E-state index in [0.717, 1.165) is 22.5 Å². The van der Waals surface area contributed by atoms with Gasteiger partial charge in [0.2, 0.25) is 0 Å². The normalized spacial score (nSPS) is 18.5. The van der Waals surface area contributed by atoms with Crippen molar-refractivity contribution in [1.29, 1.82) is 0 Å². The molecule has 5 nitrogen and oxygen atoms in total. The molecule has 0 fully saturated rings. The molecule has 2 aliphatic rings. The van der Waals surface area contributed by atoms with Gasteiger partial charge in [0.05, 0.1) is 24.5 Å². The van der Waals surface area contributed by atoms with Gasteiger partial charge in [0.15, 0.2) is 5.78 Å². The van der Waals surface area contributed by atoms with Crippen LogP contribution in [0.25, 0.3) is 0 Å². The minimum absolute atomic E-state index is 0.0513. The number of methoxy groups -OCH3 is 1. The van der Waals surface area contributed by atoms with Crippen LogP contribution in [0.1, 0.15) is 46.3 Å². The second-order valence-corrected chi connectivity index (χ2v) is 9.83. The monoisotopic (exact) mass is 518 g/mol. The Morgan fingerprint density at radius 1 is 0.872 bits per heavy atom. The number of amides is 1. The fourth-order valence-corrected chi connectivity index (χ4v) is 5.63. The molecule has 1 heterocycles. The summed E-state index contributed by atoms with van der Waals surface area (Å²) in [6, 6.07) is 29.9. The summed E-state index contributed by atoms with van der Waals surface area (Å²) in [5.41, 5.74) is 4.96. The molecular weight excluding hydrogens is 491 g/mol. The van der Waals surface area contributed by atoms with Crippen LogP contribution in [-0.4, -0.2) is 18.8 Å². The van der Waals surface area contributed by atoms with Crippen molar-refractivity contribution in [3.05, 3.63) is 137 Å². The van der Waals surface area contributed by atoms with Gasteiger partial charge in [0, 0.05) is 23.3 Å². The van der Waals surface area contributed by atoms with Gasteiger partial charge >= 0.3 is 0 Å². The second kappa shape index (κ2) is 10.2. The number of carbonyl (C=O) groups is 2. The van der Waals surface area contributed by atoms with Gasteiger partial charge in [0.1, 0.15) is 11.6 Å². The molecule has 6 heteroatoms. The van der Waals surface area contributed by atoms with Crippen molar-refractivity contribution in [1.82, 2.24) is 0 Å². The van der Waals surface area contributed by atoms with Crippen molar-refractivity contribution in [2.45, 2.75) is 24.8 Å². The molecule has 1 amide bonds. The largest absolute Gasteiger partial charge is 0.497 e. The molecule has 1 aliphatic carbocycles. The standard InChI is InChI=1S/C33H27FN2O3/c1-39-26-11-7-10-23(18-26)32-31-28(19-24(20-30(31)37)21-14-16-25(34)17-15-21)35-27-12-5-6-13-29(27)36(32)33(38)22-8-3-2-4-9-22/h2-18,24,32,35H,19-20H2,1H3/t24-,32-/m0/s1. The summed E-state index contributed by atoms with van der Waals surface area (Å²) in [6.07, 6.45) is 0.811. The van der Waals surface area contributed by atoms with Crippen LogP contribution in [0.2, 0.25) is 0 Å². The number of carbonyl (C=O) groups excluding carboxylic acids is 2. The molecule has 39 heavy (non-hydrogen) atoms. The molecule has 2 atom stereocenters. The molecule has 0 saturated carbocycles. The second-order valence-electron chi connectivity index (χ2n) is 9.83. The van der Waals surface area contributed by atoms with E-state index in [-0.39, 0.29) is 29.8 Å². The number of nitrogens with zero attached hydrogens (tertiary/aromatic N) is 1. The van der Waals surface area contributed by atoms with Gasteiger partial charge in [-0.05, 0) is 72.0 Å². The number of ether oxygens (including phenoxy) is 1. The predicted octanol–water partition coefficient (Wildman–Crippen LogP) is 7.05. The maximum Gasteiger partial charge on any atom is 0.259 e. The number of anilines is 2. The SMILES string of the molecule is COc1cccc([C@H]2C3=C(C[C@H](c4ccc(F)cc4)CC3=O)Nc3ccccc3N2C(=O)c2ccccc2)c1. The summed E-state index contributed by atoms with van der Waals surface area (Å²) < 4.78 is 19.2. The van der Waals surface area contributed by atoms with Gasteiger partial charge in [-0.1, -0.05) is 54.6 Å². The number of rotatable bonds is 4. The predicted molar refractivity (Wildman–Crippen MR) is 149 cm³/mol. The summed E-state index contributed by atoms with van der Waals surface area (Å²) in [4.78, 5) is 30.1. The number of hydrogen-bond acceptors (Lipinski definition) is 4. The van der Waals surface area contributed by atoms with E-state index in [0.29, 0.717) is 29.0 Å². The van der Waals surface area contributed by atoms with E-state index in [2.05, 4.69) is 5.32 Å². The molecule has 0 spiro atoms. The molecule has 4 aromatic carbocycles. The zero-order valence-electron chi connectivity index (χ0n) is 21.4. The Morgan fingerprint density at radius 3 is 2.38 bits per heavy atom.